The molecule has 0 spiro atoms. The fourth-order valence-corrected chi connectivity index (χ4v) is 2.36. The summed E-state index contributed by atoms with van der Waals surface area (Å²) >= 11 is 3.45. The van der Waals surface area contributed by atoms with Gasteiger partial charge < -0.3 is 5.32 Å². The van der Waals surface area contributed by atoms with Crippen LogP contribution in [0.4, 0.5) is 0 Å². The topological polar surface area (TPSA) is 15.3 Å². The molecule has 0 saturated heterocycles. The van der Waals surface area contributed by atoms with E-state index >= 15 is 0 Å². The summed E-state index contributed by atoms with van der Waals surface area (Å²) in [7, 11) is 0. The molecular formula is C14H21BrN2. The predicted molar refractivity (Wildman–Crippen MR) is 76.1 cm³/mol. The first-order chi connectivity index (χ1) is 8.29. The number of nitrogens with zero attached hydrogens (tertiary/aromatic N) is 1. The molecule has 94 valence electrons. The fraction of sp³-hybridized carbons (Fsp3) is 0.571. The van der Waals surface area contributed by atoms with Gasteiger partial charge in [-0.25, -0.2) is 0 Å². The molecule has 0 unspecified atom stereocenters. The van der Waals surface area contributed by atoms with Crippen LogP contribution >= 0.6 is 15.9 Å². The lowest BCUT2D eigenvalue weighted by molar-refractivity contribution is 0.277. The predicted octanol–water partition coefficient (Wildman–Crippen LogP) is 3.02. The Morgan fingerprint density at radius 1 is 1.29 bits per heavy atom. The standard InChI is InChI=1S/C14H21BrN2/c1-2-17(14-7-8-14)10-9-16-11-12-3-5-13(15)6-4-12/h3-6,14,16H,2,7-11H2,1H3. The third kappa shape index (κ3) is 4.41. The SMILES string of the molecule is CCN(CCNCc1ccc(Br)cc1)C1CC1. The van der Waals surface area contributed by atoms with E-state index in [1.807, 2.05) is 0 Å². The van der Waals surface area contributed by atoms with E-state index in [-0.39, 0.29) is 0 Å². The highest BCUT2D eigenvalue weighted by Crippen LogP contribution is 2.25. The number of halogens is 1. The van der Waals surface area contributed by atoms with E-state index in [0.717, 1.165) is 23.6 Å². The van der Waals surface area contributed by atoms with Gasteiger partial charge in [-0.3, -0.25) is 4.90 Å². The summed E-state index contributed by atoms with van der Waals surface area (Å²) in [5.41, 5.74) is 1.35. The van der Waals surface area contributed by atoms with Crippen molar-refractivity contribution in [3.63, 3.8) is 0 Å². The molecule has 3 heteroatoms. The average Bonchev–Trinajstić information content (AvgIpc) is 3.16. The smallest absolute Gasteiger partial charge is 0.0206 e. The quantitative estimate of drug-likeness (QED) is 0.778. The van der Waals surface area contributed by atoms with E-state index in [2.05, 4.69) is 57.3 Å². The zero-order valence-electron chi connectivity index (χ0n) is 10.5. The molecule has 0 aromatic heterocycles. The van der Waals surface area contributed by atoms with Crippen LogP contribution in [0.3, 0.4) is 0 Å². The van der Waals surface area contributed by atoms with Crippen LogP contribution < -0.4 is 5.32 Å². The molecular weight excluding hydrogens is 276 g/mol. The van der Waals surface area contributed by atoms with Gasteiger partial charge in [-0.1, -0.05) is 35.0 Å². The molecule has 0 heterocycles. The van der Waals surface area contributed by atoms with Crippen molar-refractivity contribution in [2.45, 2.75) is 32.4 Å². The first-order valence-corrected chi connectivity index (χ1v) is 7.28. The lowest BCUT2D eigenvalue weighted by Crippen LogP contribution is -2.33. The summed E-state index contributed by atoms with van der Waals surface area (Å²) in [6.07, 6.45) is 2.81. The van der Waals surface area contributed by atoms with Gasteiger partial charge in [0, 0.05) is 30.1 Å². The van der Waals surface area contributed by atoms with Crippen molar-refractivity contribution in [1.29, 1.82) is 0 Å². The Hall–Kier alpha value is -0.380. The molecule has 1 aliphatic rings. The van der Waals surface area contributed by atoms with Crippen molar-refractivity contribution in [3.8, 4) is 0 Å². The monoisotopic (exact) mass is 296 g/mol. The highest BCUT2D eigenvalue weighted by atomic mass is 79.9. The lowest BCUT2D eigenvalue weighted by Gasteiger charge is -2.19. The van der Waals surface area contributed by atoms with E-state index in [4.69, 9.17) is 0 Å². The molecule has 2 nitrogen and oxygen atoms in total. The molecule has 1 N–H and O–H groups in total. The van der Waals surface area contributed by atoms with E-state index < -0.39 is 0 Å². The number of nitrogens with one attached hydrogen (secondary N) is 1. The van der Waals surface area contributed by atoms with Gasteiger partial charge in [0.15, 0.2) is 0 Å². The summed E-state index contributed by atoms with van der Waals surface area (Å²) in [4.78, 5) is 2.58. The van der Waals surface area contributed by atoms with Gasteiger partial charge in [-0.05, 0) is 37.1 Å². The molecule has 0 aliphatic heterocycles. The van der Waals surface area contributed by atoms with Crippen LogP contribution in [0.5, 0.6) is 0 Å². The van der Waals surface area contributed by atoms with Crippen LogP contribution in [-0.4, -0.2) is 30.6 Å². The first kappa shape index (κ1) is 13.1. The Morgan fingerprint density at radius 3 is 2.59 bits per heavy atom. The third-order valence-electron chi connectivity index (χ3n) is 3.29. The van der Waals surface area contributed by atoms with Crippen molar-refractivity contribution in [2.24, 2.45) is 0 Å². The van der Waals surface area contributed by atoms with Crippen LogP contribution in [-0.2, 0) is 6.54 Å². The van der Waals surface area contributed by atoms with Gasteiger partial charge in [-0.15, -0.1) is 0 Å². The lowest BCUT2D eigenvalue weighted by atomic mass is 10.2. The average molecular weight is 297 g/mol. The van der Waals surface area contributed by atoms with Gasteiger partial charge in [0.1, 0.15) is 0 Å². The van der Waals surface area contributed by atoms with Gasteiger partial charge >= 0.3 is 0 Å². The highest BCUT2D eigenvalue weighted by molar-refractivity contribution is 9.10. The maximum atomic E-state index is 3.51. The van der Waals surface area contributed by atoms with Gasteiger partial charge in [-0.2, -0.15) is 0 Å². The second-order valence-corrected chi connectivity index (χ2v) is 5.58. The Morgan fingerprint density at radius 2 is 2.00 bits per heavy atom. The van der Waals surface area contributed by atoms with Crippen LogP contribution in [0.2, 0.25) is 0 Å². The molecule has 0 amide bonds. The highest BCUT2D eigenvalue weighted by Gasteiger charge is 2.26. The van der Waals surface area contributed by atoms with Crippen molar-refractivity contribution in [3.05, 3.63) is 34.3 Å². The minimum absolute atomic E-state index is 0.884. The Balaban J connectivity index is 1.63. The van der Waals surface area contributed by atoms with E-state index in [0.29, 0.717) is 0 Å². The molecule has 17 heavy (non-hydrogen) atoms. The van der Waals surface area contributed by atoms with Crippen molar-refractivity contribution >= 4 is 15.9 Å². The third-order valence-corrected chi connectivity index (χ3v) is 3.82. The molecule has 1 aromatic rings. The molecule has 1 aliphatic carbocycles. The van der Waals surface area contributed by atoms with Crippen LogP contribution in [0, 0.1) is 0 Å². The molecule has 1 saturated carbocycles. The second kappa shape index (κ2) is 6.53. The van der Waals surface area contributed by atoms with Crippen LogP contribution in [0.1, 0.15) is 25.3 Å². The van der Waals surface area contributed by atoms with E-state index in [1.54, 1.807) is 0 Å². The fourth-order valence-electron chi connectivity index (χ4n) is 2.10. The molecule has 0 atom stereocenters. The van der Waals surface area contributed by atoms with Gasteiger partial charge in [0.25, 0.3) is 0 Å². The summed E-state index contributed by atoms with van der Waals surface area (Å²) < 4.78 is 1.15. The minimum Gasteiger partial charge on any atom is -0.311 e. The molecule has 1 fully saturated rings. The summed E-state index contributed by atoms with van der Waals surface area (Å²) in [5.74, 6) is 0. The molecule has 2 rings (SSSR count). The maximum Gasteiger partial charge on any atom is 0.0206 e. The zero-order chi connectivity index (χ0) is 12.1. The van der Waals surface area contributed by atoms with Gasteiger partial charge in [0.05, 0.1) is 0 Å². The Kier molecular flexibility index (Phi) is 5.01. The van der Waals surface area contributed by atoms with Crippen molar-refractivity contribution in [1.82, 2.24) is 10.2 Å². The van der Waals surface area contributed by atoms with Crippen LogP contribution in [0.15, 0.2) is 28.7 Å². The van der Waals surface area contributed by atoms with Crippen LogP contribution in [0.25, 0.3) is 0 Å². The number of hydrogen-bond acceptors (Lipinski definition) is 2. The summed E-state index contributed by atoms with van der Waals surface area (Å²) in [6.45, 7) is 6.67. The molecule has 0 radical (unpaired) electrons. The summed E-state index contributed by atoms with van der Waals surface area (Å²) in [5, 5.41) is 3.51. The van der Waals surface area contributed by atoms with Gasteiger partial charge in [0.2, 0.25) is 0 Å². The first-order valence-electron chi connectivity index (χ1n) is 6.49. The molecule has 0 bridgehead atoms. The normalized spacial score (nSPS) is 15.5. The van der Waals surface area contributed by atoms with Crippen molar-refractivity contribution in [2.75, 3.05) is 19.6 Å². The largest absolute Gasteiger partial charge is 0.311 e. The molecule has 1 aromatic carbocycles. The number of rotatable bonds is 7. The maximum absolute atomic E-state index is 3.51. The summed E-state index contributed by atoms with van der Waals surface area (Å²) in [6, 6.07) is 9.40. The Labute approximate surface area is 113 Å². The minimum atomic E-state index is 0.884. The number of hydrogen-bond donors (Lipinski definition) is 1. The second-order valence-electron chi connectivity index (χ2n) is 4.66. The number of likely N-dealkylation sites (N-methyl/N-ethyl adjacent to an activating group) is 1. The zero-order valence-corrected chi connectivity index (χ0v) is 12.0. The number of benzene rings is 1. The van der Waals surface area contributed by atoms with Crippen molar-refractivity contribution < 1.29 is 0 Å². The van der Waals surface area contributed by atoms with E-state index in [9.17, 15) is 0 Å². The van der Waals surface area contributed by atoms with E-state index in [1.165, 1.54) is 31.5 Å². The Bertz CT molecular complexity index is 333.